The normalized spacial score (nSPS) is 17.6. The second-order valence-electron chi connectivity index (χ2n) is 9.62. The molecule has 0 spiro atoms. The van der Waals surface area contributed by atoms with Gasteiger partial charge in [-0.25, -0.2) is 9.78 Å². The summed E-state index contributed by atoms with van der Waals surface area (Å²) in [6.45, 7) is 4.42. The molecule has 4 unspecified atom stereocenters. The maximum atomic E-state index is 13.4. The molecule has 2 heterocycles. The van der Waals surface area contributed by atoms with Gasteiger partial charge in [-0.15, -0.1) is 0 Å². The lowest BCUT2D eigenvalue weighted by molar-refractivity contribution is -0.149. The Morgan fingerprint density at radius 3 is 2.51 bits per heavy atom. The zero-order valence-electron chi connectivity index (χ0n) is 21.4. The van der Waals surface area contributed by atoms with Gasteiger partial charge in [0.15, 0.2) is 5.96 Å². The highest BCUT2D eigenvalue weighted by Gasteiger charge is 2.38. The predicted octanol–water partition coefficient (Wildman–Crippen LogP) is -1.58. The molecule has 0 saturated carbocycles. The molecule has 206 valence electrons. The van der Waals surface area contributed by atoms with Crippen LogP contribution in [-0.4, -0.2) is 86.9 Å². The van der Waals surface area contributed by atoms with Crippen LogP contribution >= 0.6 is 0 Å². The first kappa shape index (κ1) is 29.5. The number of aliphatic imine (C=N–C) groups is 1. The van der Waals surface area contributed by atoms with Crippen molar-refractivity contribution in [2.45, 2.75) is 76.5 Å². The number of nitrogens with two attached hydrogens (primary N) is 3. The highest BCUT2D eigenvalue weighted by molar-refractivity contribution is 5.94. The summed E-state index contributed by atoms with van der Waals surface area (Å²) < 4.78 is 0. The number of aliphatic carboxylic acids is 1. The first-order valence-corrected chi connectivity index (χ1v) is 12.4. The number of aromatic amines is 1. The fourth-order valence-corrected chi connectivity index (χ4v) is 4.21. The molecular formula is C23H39N9O5. The van der Waals surface area contributed by atoms with Gasteiger partial charge in [0, 0.05) is 31.4 Å². The number of hydrogen-bond donors (Lipinski definition) is 7. The van der Waals surface area contributed by atoms with Gasteiger partial charge < -0.3 is 42.8 Å². The van der Waals surface area contributed by atoms with Crippen LogP contribution in [-0.2, 0) is 25.6 Å². The number of H-pyrrole nitrogens is 1. The van der Waals surface area contributed by atoms with Gasteiger partial charge >= 0.3 is 5.97 Å². The molecule has 37 heavy (non-hydrogen) atoms. The quantitative estimate of drug-likeness (QED) is 0.0848. The molecule has 14 heteroatoms. The molecule has 1 aliphatic rings. The van der Waals surface area contributed by atoms with E-state index in [1.54, 1.807) is 0 Å². The fraction of sp³-hybridized carbons (Fsp3) is 0.652. The maximum absolute atomic E-state index is 13.4. The highest BCUT2D eigenvalue weighted by Crippen LogP contribution is 2.20. The molecule has 1 fully saturated rings. The predicted molar refractivity (Wildman–Crippen MR) is 136 cm³/mol. The summed E-state index contributed by atoms with van der Waals surface area (Å²) in [6, 6.07) is -3.81. The molecule has 0 aliphatic carbocycles. The third kappa shape index (κ3) is 9.37. The SMILES string of the molecule is CC(C)CC(NC(=O)C(Cc1cnc[nH]1)NC(=O)C(N)CCCN=C(N)N)C(=O)N1CCCC1C(=O)O. The number of carboxylic acids is 1. The van der Waals surface area contributed by atoms with Gasteiger partial charge in [0.2, 0.25) is 17.7 Å². The first-order chi connectivity index (χ1) is 17.5. The Bertz CT molecular complexity index is 946. The van der Waals surface area contributed by atoms with E-state index in [9.17, 15) is 24.3 Å². The van der Waals surface area contributed by atoms with Gasteiger partial charge in [0.05, 0.1) is 12.4 Å². The summed E-state index contributed by atoms with van der Waals surface area (Å²) in [7, 11) is 0. The maximum Gasteiger partial charge on any atom is 0.326 e. The number of hydrogen-bond acceptors (Lipinski definition) is 7. The number of rotatable bonds is 14. The van der Waals surface area contributed by atoms with Crippen LogP contribution in [0, 0.1) is 5.92 Å². The number of likely N-dealkylation sites (tertiary alicyclic amines) is 1. The Kier molecular flexibility index (Phi) is 11.3. The summed E-state index contributed by atoms with van der Waals surface area (Å²) in [5.41, 5.74) is 17.2. The van der Waals surface area contributed by atoms with Gasteiger partial charge in [-0.1, -0.05) is 13.8 Å². The Balaban J connectivity index is 2.13. The number of amides is 3. The third-order valence-corrected chi connectivity index (χ3v) is 6.06. The van der Waals surface area contributed by atoms with E-state index in [1.807, 2.05) is 13.8 Å². The van der Waals surface area contributed by atoms with Crippen LogP contribution < -0.4 is 27.8 Å². The second kappa shape index (κ2) is 14.2. The fourth-order valence-electron chi connectivity index (χ4n) is 4.21. The van der Waals surface area contributed by atoms with Crippen molar-refractivity contribution >= 4 is 29.7 Å². The largest absolute Gasteiger partial charge is 0.480 e. The molecule has 10 N–H and O–H groups in total. The minimum absolute atomic E-state index is 0.0411. The molecule has 3 amide bonds. The van der Waals surface area contributed by atoms with Crippen molar-refractivity contribution in [1.29, 1.82) is 0 Å². The summed E-state index contributed by atoms with van der Waals surface area (Å²) in [5.74, 6) is -2.65. The van der Waals surface area contributed by atoms with Crippen LogP contribution in [0.15, 0.2) is 17.5 Å². The van der Waals surface area contributed by atoms with E-state index in [0.717, 1.165) is 0 Å². The molecule has 1 saturated heterocycles. The minimum Gasteiger partial charge on any atom is -0.480 e. The second-order valence-corrected chi connectivity index (χ2v) is 9.62. The molecule has 0 radical (unpaired) electrons. The van der Waals surface area contributed by atoms with E-state index in [-0.39, 0.29) is 18.3 Å². The number of nitrogens with zero attached hydrogens (tertiary/aromatic N) is 3. The van der Waals surface area contributed by atoms with Crippen molar-refractivity contribution in [2.24, 2.45) is 28.1 Å². The van der Waals surface area contributed by atoms with Crippen LogP contribution in [0.1, 0.15) is 51.6 Å². The van der Waals surface area contributed by atoms with Crippen LogP contribution in [0.5, 0.6) is 0 Å². The standard InChI is InChI=1S/C23H39N9O5/c1-13(2)9-17(21(35)32-8-4-6-18(32)22(36)37)31-20(34)16(10-14-11-27-12-29-14)30-19(33)15(24)5-3-7-28-23(25)26/h11-13,15-18H,3-10,24H2,1-2H3,(H,27,29)(H,30,33)(H,31,34)(H,36,37)(H4,25,26,28). The van der Waals surface area contributed by atoms with E-state index in [4.69, 9.17) is 17.2 Å². The van der Waals surface area contributed by atoms with Gasteiger partial charge in [0.25, 0.3) is 0 Å². The lowest BCUT2D eigenvalue weighted by Crippen LogP contribution is -2.58. The van der Waals surface area contributed by atoms with E-state index in [2.05, 4.69) is 25.6 Å². The van der Waals surface area contributed by atoms with Crippen molar-refractivity contribution in [3.8, 4) is 0 Å². The first-order valence-electron chi connectivity index (χ1n) is 12.4. The van der Waals surface area contributed by atoms with E-state index in [0.29, 0.717) is 50.9 Å². The minimum atomic E-state index is -1.07. The number of carbonyl (C=O) groups is 4. The molecule has 1 aliphatic heterocycles. The smallest absolute Gasteiger partial charge is 0.326 e. The van der Waals surface area contributed by atoms with Gasteiger partial charge in [-0.2, -0.15) is 0 Å². The van der Waals surface area contributed by atoms with Crippen LogP contribution in [0.25, 0.3) is 0 Å². The number of guanidine groups is 1. The van der Waals surface area contributed by atoms with Crippen LogP contribution in [0.2, 0.25) is 0 Å². The summed E-state index contributed by atoms with van der Waals surface area (Å²) in [6.07, 6.45) is 5.07. The van der Waals surface area contributed by atoms with E-state index >= 15 is 0 Å². The Morgan fingerprint density at radius 2 is 1.92 bits per heavy atom. The van der Waals surface area contributed by atoms with E-state index < -0.39 is 47.9 Å². The lowest BCUT2D eigenvalue weighted by Gasteiger charge is -2.29. The number of carboxylic acid groups (broad SMARTS) is 1. The Labute approximate surface area is 215 Å². The Hall–Kier alpha value is -3.68. The molecule has 1 aromatic rings. The molecule has 0 aromatic carbocycles. The average Bonchev–Trinajstić information content (AvgIpc) is 3.52. The van der Waals surface area contributed by atoms with Crippen molar-refractivity contribution in [2.75, 3.05) is 13.1 Å². The zero-order chi connectivity index (χ0) is 27.5. The Morgan fingerprint density at radius 1 is 1.22 bits per heavy atom. The summed E-state index contributed by atoms with van der Waals surface area (Å²) in [4.78, 5) is 63.0. The number of aromatic nitrogens is 2. The van der Waals surface area contributed by atoms with E-state index in [1.165, 1.54) is 17.4 Å². The summed E-state index contributed by atoms with van der Waals surface area (Å²) in [5, 5.41) is 14.9. The molecule has 4 atom stereocenters. The van der Waals surface area contributed by atoms with Crippen molar-refractivity contribution < 1.29 is 24.3 Å². The lowest BCUT2D eigenvalue weighted by atomic mass is 10.0. The molecule has 2 rings (SSSR count). The van der Waals surface area contributed by atoms with Gasteiger partial charge in [-0.3, -0.25) is 19.4 Å². The molecule has 0 bridgehead atoms. The number of nitrogens with one attached hydrogen (secondary N) is 3. The van der Waals surface area contributed by atoms with Crippen LogP contribution in [0.3, 0.4) is 0 Å². The topological polar surface area (TPSA) is 235 Å². The van der Waals surface area contributed by atoms with Crippen molar-refractivity contribution in [1.82, 2.24) is 25.5 Å². The number of carbonyl (C=O) groups excluding carboxylic acids is 3. The monoisotopic (exact) mass is 521 g/mol. The number of imidazole rings is 1. The van der Waals surface area contributed by atoms with Crippen LogP contribution in [0.4, 0.5) is 0 Å². The molecule has 14 nitrogen and oxygen atoms in total. The van der Waals surface area contributed by atoms with Gasteiger partial charge in [-0.05, 0) is 38.0 Å². The summed E-state index contributed by atoms with van der Waals surface area (Å²) >= 11 is 0. The average molecular weight is 522 g/mol. The van der Waals surface area contributed by atoms with Crippen molar-refractivity contribution in [3.63, 3.8) is 0 Å². The highest BCUT2D eigenvalue weighted by atomic mass is 16.4. The van der Waals surface area contributed by atoms with Crippen molar-refractivity contribution in [3.05, 3.63) is 18.2 Å². The third-order valence-electron chi connectivity index (χ3n) is 6.06. The zero-order valence-corrected chi connectivity index (χ0v) is 21.4. The molecular weight excluding hydrogens is 482 g/mol. The van der Waals surface area contributed by atoms with Gasteiger partial charge in [0.1, 0.15) is 18.1 Å². The molecule has 1 aromatic heterocycles.